The predicted molar refractivity (Wildman–Crippen MR) is 110 cm³/mol. The van der Waals surface area contributed by atoms with E-state index in [1.165, 1.54) is 34.4 Å². The standard InChI is InChI=1S/C21H20F3N3O4S/c1-2-30-20(29)27-10-9-14-15(11-25)19(32-17(14)12-27)26-18(28)8-7-13-5-3-4-6-16(13)31-21(22,23)24/h3-6H,2,7-10,12H2,1H3,(H,26,28). The zero-order valence-corrected chi connectivity index (χ0v) is 17.9. The van der Waals surface area contributed by atoms with Crippen molar-refractivity contribution in [2.45, 2.75) is 39.1 Å². The van der Waals surface area contributed by atoms with Gasteiger partial charge in [0.15, 0.2) is 0 Å². The van der Waals surface area contributed by atoms with Crippen LogP contribution in [0, 0.1) is 11.3 Å². The van der Waals surface area contributed by atoms with Gasteiger partial charge >= 0.3 is 12.5 Å². The molecule has 0 fully saturated rings. The van der Waals surface area contributed by atoms with Crippen LogP contribution in [0.25, 0.3) is 0 Å². The summed E-state index contributed by atoms with van der Waals surface area (Å²) in [4.78, 5) is 26.8. The van der Waals surface area contributed by atoms with Crippen molar-refractivity contribution >= 4 is 28.3 Å². The number of benzene rings is 1. The molecular weight excluding hydrogens is 447 g/mol. The van der Waals surface area contributed by atoms with E-state index >= 15 is 0 Å². The molecule has 0 bridgehead atoms. The van der Waals surface area contributed by atoms with Gasteiger partial charge in [-0.3, -0.25) is 4.79 Å². The molecule has 0 atom stereocenters. The number of amides is 2. The minimum atomic E-state index is -4.83. The number of alkyl halides is 3. The second kappa shape index (κ2) is 9.91. The molecule has 2 amide bonds. The van der Waals surface area contributed by atoms with Crippen molar-refractivity contribution in [2.75, 3.05) is 18.5 Å². The Hall–Kier alpha value is -3.26. The van der Waals surface area contributed by atoms with E-state index < -0.39 is 18.4 Å². The number of rotatable bonds is 6. The smallest absolute Gasteiger partial charge is 0.450 e. The largest absolute Gasteiger partial charge is 0.573 e. The highest BCUT2D eigenvalue weighted by atomic mass is 32.1. The Balaban J connectivity index is 1.67. The van der Waals surface area contributed by atoms with Crippen LogP contribution in [0.3, 0.4) is 0 Å². The monoisotopic (exact) mass is 467 g/mol. The number of nitriles is 1. The van der Waals surface area contributed by atoms with Crippen LogP contribution in [-0.2, 0) is 28.9 Å². The van der Waals surface area contributed by atoms with Crippen molar-refractivity contribution < 1.29 is 32.2 Å². The minimum absolute atomic E-state index is 0.0295. The van der Waals surface area contributed by atoms with Crippen LogP contribution in [0.1, 0.15) is 34.9 Å². The molecule has 0 unspecified atom stereocenters. The van der Waals surface area contributed by atoms with Gasteiger partial charge in [0.25, 0.3) is 0 Å². The van der Waals surface area contributed by atoms with Gasteiger partial charge in [-0.2, -0.15) is 5.26 Å². The molecule has 7 nitrogen and oxygen atoms in total. The van der Waals surface area contributed by atoms with Crippen LogP contribution < -0.4 is 10.1 Å². The summed E-state index contributed by atoms with van der Waals surface area (Å²) < 4.78 is 46.7. The molecule has 0 aliphatic carbocycles. The molecule has 0 radical (unpaired) electrons. The average Bonchev–Trinajstić information content (AvgIpc) is 3.08. The van der Waals surface area contributed by atoms with E-state index in [2.05, 4.69) is 16.1 Å². The molecule has 2 aromatic rings. The zero-order chi connectivity index (χ0) is 23.3. The minimum Gasteiger partial charge on any atom is -0.450 e. The maximum atomic E-state index is 12.6. The number of nitrogens with one attached hydrogen (secondary N) is 1. The Bertz CT molecular complexity index is 1050. The third kappa shape index (κ3) is 5.70. The number of fused-ring (bicyclic) bond motifs is 1. The summed E-state index contributed by atoms with van der Waals surface area (Å²) in [6.45, 7) is 2.66. The number of hydrogen-bond donors (Lipinski definition) is 1. The molecule has 1 aliphatic rings. The maximum absolute atomic E-state index is 12.6. The molecule has 0 saturated heterocycles. The van der Waals surface area contributed by atoms with Crippen molar-refractivity contribution in [1.29, 1.82) is 5.26 Å². The molecule has 11 heteroatoms. The van der Waals surface area contributed by atoms with Crippen LogP contribution in [0.4, 0.5) is 23.0 Å². The summed E-state index contributed by atoms with van der Waals surface area (Å²) in [5.74, 6) is -0.791. The van der Waals surface area contributed by atoms with Crippen LogP contribution in [0.2, 0.25) is 0 Å². The van der Waals surface area contributed by atoms with Crippen molar-refractivity contribution in [3.8, 4) is 11.8 Å². The number of halogens is 3. The second-order valence-electron chi connectivity index (χ2n) is 6.89. The van der Waals surface area contributed by atoms with E-state index in [-0.39, 0.29) is 37.3 Å². The van der Waals surface area contributed by atoms with Gasteiger partial charge in [-0.25, -0.2) is 4.79 Å². The van der Waals surface area contributed by atoms with Gasteiger partial charge in [0.05, 0.1) is 18.7 Å². The lowest BCUT2D eigenvalue weighted by Gasteiger charge is -2.25. The Labute approximate surface area is 186 Å². The third-order valence-corrected chi connectivity index (χ3v) is 5.90. The number of carbonyl (C=O) groups is 2. The number of ether oxygens (including phenoxy) is 2. The molecular formula is C21H20F3N3O4S. The van der Waals surface area contributed by atoms with Gasteiger partial charge in [0.2, 0.25) is 5.91 Å². The van der Waals surface area contributed by atoms with Crippen molar-refractivity contribution in [3.05, 3.63) is 45.8 Å². The maximum Gasteiger partial charge on any atom is 0.573 e. The topological polar surface area (TPSA) is 91.7 Å². The normalized spacial score (nSPS) is 13.2. The Morgan fingerprint density at radius 3 is 2.75 bits per heavy atom. The van der Waals surface area contributed by atoms with Gasteiger partial charge in [-0.15, -0.1) is 24.5 Å². The number of carbonyl (C=O) groups excluding carboxylic acids is 2. The van der Waals surface area contributed by atoms with Crippen LogP contribution >= 0.6 is 11.3 Å². The lowest BCUT2D eigenvalue weighted by molar-refractivity contribution is -0.274. The Kier molecular flexibility index (Phi) is 7.25. The Morgan fingerprint density at radius 1 is 1.31 bits per heavy atom. The van der Waals surface area contributed by atoms with Gasteiger partial charge < -0.3 is 19.7 Å². The molecule has 1 aromatic heterocycles. The van der Waals surface area contributed by atoms with Gasteiger partial charge in [0, 0.05) is 17.8 Å². The second-order valence-corrected chi connectivity index (χ2v) is 8.00. The number of aryl methyl sites for hydroxylation is 1. The summed E-state index contributed by atoms with van der Waals surface area (Å²) in [5.41, 5.74) is 1.39. The summed E-state index contributed by atoms with van der Waals surface area (Å²) in [6.07, 6.45) is -4.86. The molecule has 1 aromatic carbocycles. The van der Waals surface area contributed by atoms with Crippen LogP contribution in [0.15, 0.2) is 24.3 Å². The first-order valence-electron chi connectivity index (χ1n) is 9.81. The quantitative estimate of drug-likeness (QED) is 0.670. The fourth-order valence-corrected chi connectivity index (χ4v) is 4.58. The zero-order valence-electron chi connectivity index (χ0n) is 17.1. The van der Waals surface area contributed by atoms with Crippen molar-refractivity contribution in [2.24, 2.45) is 0 Å². The van der Waals surface area contributed by atoms with Gasteiger partial charge in [-0.05, 0) is 37.0 Å². The first-order valence-corrected chi connectivity index (χ1v) is 10.6. The van der Waals surface area contributed by atoms with Gasteiger partial charge in [-0.1, -0.05) is 18.2 Å². The van der Waals surface area contributed by atoms with Crippen LogP contribution in [0.5, 0.6) is 5.75 Å². The lowest BCUT2D eigenvalue weighted by Crippen LogP contribution is -2.35. The number of anilines is 1. The molecule has 170 valence electrons. The third-order valence-electron chi connectivity index (χ3n) is 4.77. The van der Waals surface area contributed by atoms with E-state index in [0.717, 1.165) is 10.4 Å². The molecule has 1 N–H and O–H groups in total. The number of nitrogens with zero attached hydrogens (tertiary/aromatic N) is 2. The summed E-state index contributed by atoms with van der Waals surface area (Å²) in [6, 6.07) is 7.73. The molecule has 0 saturated carbocycles. The average molecular weight is 467 g/mol. The van der Waals surface area contributed by atoms with Crippen molar-refractivity contribution in [3.63, 3.8) is 0 Å². The van der Waals surface area contributed by atoms with E-state index in [9.17, 15) is 28.0 Å². The predicted octanol–water partition coefficient (Wildman–Crippen LogP) is 4.60. The van der Waals surface area contributed by atoms with E-state index in [1.54, 1.807) is 13.0 Å². The van der Waals surface area contributed by atoms with Crippen LogP contribution in [-0.4, -0.2) is 36.4 Å². The first kappa shape index (κ1) is 23.4. The highest BCUT2D eigenvalue weighted by Gasteiger charge is 2.32. The van der Waals surface area contributed by atoms with E-state index in [1.807, 2.05) is 0 Å². The number of para-hydroxylation sites is 1. The highest BCUT2D eigenvalue weighted by Crippen LogP contribution is 2.37. The van der Waals surface area contributed by atoms with E-state index in [4.69, 9.17) is 4.74 Å². The van der Waals surface area contributed by atoms with E-state index in [0.29, 0.717) is 23.5 Å². The summed E-state index contributed by atoms with van der Waals surface area (Å²) in [7, 11) is 0. The van der Waals surface area contributed by atoms with Gasteiger partial charge in [0.1, 0.15) is 16.8 Å². The molecule has 0 spiro atoms. The molecule has 2 heterocycles. The fraction of sp³-hybridized carbons (Fsp3) is 0.381. The Morgan fingerprint density at radius 2 is 2.06 bits per heavy atom. The summed E-state index contributed by atoms with van der Waals surface area (Å²) >= 11 is 1.21. The van der Waals surface area contributed by atoms with Crippen molar-refractivity contribution in [1.82, 2.24) is 4.90 Å². The first-order chi connectivity index (χ1) is 15.2. The lowest BCUT2D eigenvalue weighted by atomic mass is 10.0. The molecule has 3 rings (SSSR count). The molecule has 32 heavy (non-hydrogen) atoms. The SMILES string of the molecule is CCOC(=O)N1CCc2c(sc(NC(=O)CCc3ccccc3OC(F)(F)F)c2C#N)C1. The number of thiophene rings is 1. The number of hydrogen-bond acceptors (Lipinski definition) is 6. The molecule has 1 aliphatic heterocycles. The fourth-order valence-electron chi connectivity index (χ4n) is 3.35. The summed E-state index contributed by atoms with van der Waals surface area (Å²) in [5, 5.41) is 12.6. The highest BCUT2D eigenvalue weighted by molar-refractivity contribution is 7.16.